The van der Waals surface area contributed by atoms with Crippen molar-refractivity contribution in [3.8, 4) is 0 Å². The zero-order valence-electron chi connectivity index (χ0n) is 5.91. The Morgan fingerprint density at radius 2 is 2.67 bits per heavy atom. The van der Waals surface area contributed by atoms with E-state index in [1.807, 2.05) is 0 Å². The van der Waals surface area contributed by atoms with Crippen molar-refractivity contribution < 1.29 is 10.9 Å². The largest absolute Gasteiger partial charge is 0.486 e. The summed E-state index contributed by atoms with van der Waals surface area (Å²) in [6.45, 7) is -0.219. The SMILES string of the molecule is [2H]CC(=O)C1C=CC=CO1. The predicted octanol–water partition coefficient (Wildman–Crippen LogP) is 1.04. The highest BCUT2D eigenvalue weighted by Crippen LogP contribution is 2.01. The molecule has 0 saturated heterocycles. The second-order valence-electron chi connectivity index (χ2n) is 1.74. The summed E-state index contributed by atoms with van der Waals surface area (Å²) in [7, 11) is 0. The van der Waals surface area contributed by atoms with Crippen molar-refractivity contribution in [3.63, 3.8) is 0 Å². The number of rotatable bonds is 1. The van der Waals surface area contributed by atoms with Crippen LogP contribution in [0.2, 0.25) is 0 Å². The number of hydrogen-bond donors (Lipinski definition) is 0. The fraction of sp³-hybridized carbons (Fsp3) is 0.286. The Labute approximate surface area is 55.2 Å². The summed E-state index contributed by atoms with van der Waals surface area (Å²) in [5, 5.41) is 0. The van der Waals surface area contributed by atoms with Crippen molar-refractivity contribution >= 4 is 5.78 Å². The van der Waals surface area contributed by atoms with Crippen LogP contribution in [0.25, 0.3) is 0 Å². The Bertz CT molecular complexity index is 184. The van der Waals surface area contributed by atoms with E-state index in [1.165, 1.54) is 6.26 Å². The van der Waals surface area contributed by atoms with Gasteiger partial charge in [-0.25, -0.2) is 0 Å². The lowest BCUT2D eigenvalue weighted by molar-refractivity contribution is -0.123. The molecule has 1 rings (SSSR count). The van der Waals surface area contributed by atoms with Crippen LogP contribution in [0.3, 0.4) is 0 Å². The van der Waals surface area contributed by atoms with Crippen molar-refractivity contribution in [1.29, 1.82) is 0 Å². The van der Waals surface area contributed by atoms with Gasteiger partial charge in [0.15, 0.2) is 11.9 Å². The molecule has 0 spiro atoms. The van der Waals surface area contributed by atoms with Crippen molar-refractivity contribution in [2.45, 2.75) is 13.0 Å². The van der Waals surface area contributed by atoms with Gasteiger partial charge >= 0.3 is 0 Å². The monoisotopic (exact) mass is 125 g/mol. The van der Waals surface area contributed by atoms with Gasteiger partial charge in [-0.2, -0.15) is 0 Å². The highest BCUT2D eigenvalue weighted by Gasteiger charge is 2.09. The van der Waals surface area contributed by atoms with Gasteiger partial charge < -0.3 is 4.74 Å². The van der Waals surface area contributed by atoms with Gasteiger partial charge in [-0.05, 0) is 19.1 Å². The van der Waals surface area contributed by atoms with Crippen LogP contribution in [0.1, 0.15) is 8.27 Å². The van der Waals surface area contributed by atoms with Gasteiger partial charge in [0.25, 0.3) is 0 Å². The Balaban J connectivity index is 2.51. The van der Waals surface area contributed by atoms with E-state index in [1.54, 1.807) is 18.2 Å². The van der Waals surface area contributed by atoms with Gasteiger partial charge in [-0.1, -0.05) is 6.08 Å². The molecule has 1 aliphatic rings. The van der Waals surface area contributed by atoms with Crippen LogP contribution in [0.4, 0.5) is 0 Å². The molecule has 0 fully saturated rings. The predicted molar refractivity (Wildman–Crippen MR) is 33.8 cm³/mol. The van der Waals surface area contributed by atoms with Crippen LogP contribution < -0.4 is 0 Å². The molecular formula is C7H8O2. The normalized spacial score (nSPS) is 24.9. The number of allylic oxidation sites excluding steroid dienone is 2. The topological polar surface area (TPSA) is 26.3 Å². The zero-order chi connectivity index (χ0) is 7.40. The quantitative estimate of drug-likeness (QED) is 0.523. The molecule has 0 amide bonds. The van der Waals surface area contributed by atoms with E-state index >= 15 is 0 Å². The Hall–Kier alpha value is -1.05. The average Bonchev–Trinajstić information content (AvgIpc) is 2.05. The lowest BCUT2D eigenvalue weighted by Crippen LogP contribution is -2.17. The smallest absolute Gasteiger partial charge is 0.174 e. The van der Waals surface area contributed by atoms with Crippen LogP contribution in [0.5, 0.6) is 0 Å². The highest BCUT2D eigenvalue weighted by atomic mass is 16.5. The summed E-state index contributed by atoms with van der Waals surface area (Å²) < 4.78 is 11.7. The maximum absolute atomic E-state index is 10.8. The van der Waals surface area contributed by atoms with E-state index in [0.717, 1.165) is 0 Å². The number of carbonyl (C=O) groups is 1. The minimum atomic E-state index is -0.525. The third-order valence-electron chi connectivity index (χ3n) is 1.02. The first-order chi connectivity index (χ1) is 4.84. The van der Waals surface area contributed by atoms with Crippen LogP contribution in [0, 0.1) is 0 Å². The van der Waals surface area contributed by atoms with E-state index in [0.29, 0.717) is 0 Å². The summed E-state index contributed by atoms with van der Waals surface area (Å²) in [6, 6.07) is 0. The molecule has 1 atom stereocenters. The maximum atomic E-state index is 10.8. The number of Topliss-reactive ketones (excluding diaryl/α,β-unsaturated/α-hetero) is 1. The van der Waals surface area contributed by atoms with Crippen molar-refractivity contribution in [2.24, 2.45) is 0 Å². The molecule has 0 bridgehead atoms. The fourth-order valence-corrected chi connectivity index (χ4v) is 0.569. The minimum absolute atomic E-state index is 0.208. The molecule has 9 heavy (non-hydrogen) atoms. The molecule has 0 radical (unpaired) electrons. The fourth-order valence-electron chi connectivity index (χ4n) is 0.569. The summed E-state index contributed by atoms with van der Waals surface area (Å²) in [5.74, 6) is -0.208. The third-order valence-corrected chi connectivity index (χ3v) is 1.02. The summed E-state index contributed by atoms with van der Waals surface area (Å²) in [5.41, 5.74) is 0. The van der Waals surface area contributed by atoms with E-state index in [9.17, 15) is 4.79 Å². The number of ketones is 1. The molecule has 0 aromatic rings. The number of ether oxygens (including phenoxy) is 1. The van der Waals surface area contributed by atoms with E-state index in [2.05, 4.69) is 0 Å². The maximum Gasteiger partial charge on any atom is 0.174 e. The van der Waals surface area contributed by atoms with Gasteiger partial charge in [0, 0.05) is 1.37 Å². The van der Waals surface area contributed by atoms with Crippen LogP contribution in [-0.4, -0.2) is 11.9 Å². The van der Waals surface area contributed by atoms with E-state index in [4.69, 9.17) is 6.11 Å². The second-order valence-corrected chi connectivity index (χ2v) is 1.74. The van der Waals surface area contributed by atoms with Gasteiger partial charge in [-0.3, -0.25) is 4.79 Å². The van der Waals surface area contributed by atoms with Gasteiger partial charge in [0.2, 0.25) is 0 Å². The minimum Gasteiger partial charge on any atom is -0.486 e. The molecule has 48 valence electrons. The summed E-state index contributed by atoms with van der Waals surface area (Å²) >= 11 is 0. The zero-order valence-corrected chi connectivity index (χ0v) is 4.91. The second kappa shape index (κ2) is 2.49. The molecule has 0 N–H and O–H groups in total. The Morgan fingerprint density at radius 3 is 3.22 bits per heavy atom. The summed E-state index contributed by atoms with van der Waals surface area (Å²) in [6.07, 6.45) is 6.01. The molecule has 0 aromatic carbocycles. The Morgan fingerprint density at radius 1 is 1.78 bits per heavy atom. The molecular weight excluding hydrogens is 116 g/mol. The van der Waals surface area contributed by atoms with Gasteiger partial charge in [-0.15, -0.1) is 0 Å². The molecule has 1 unspecified atom stereocenters. The van der Waals surface area contributed by atoms with Crippen molar-refractivity contribution in [1.82, 2.24) is 0 Å². The first-order valence-corrected chi connectivity index (χ1v) is 2.65. The molecule has 0 aromatic heterocycles. The number of hydrogen-bond acceptors (Lipinski definition) is 2. The first-order valence-electron chi connectivity index (χ1n) is 3.36. The molecule has 0 saturated carbocycles. The Kier molecular flexibility index (Phi) is 1.32. The highest BCUT2D eigenvalue weighted by molar-refractivity contribution is 5.82. The average molecular weight is 125 g/mol. The molecule has 2 heteroatoms. The van der Waals surface area contributed by atoms with Crippen molar-refractivity contribution in [2.75, 3.05) is 0 Å². The molecule has 0 aliphatic carbocycles. The van der Waals surface area contributed by atoms with Crippen molar-refractivity contribution in [3.05, 3.63) is 24.5 Å². The first kappa shape index (κ1) is 4.79. The van der Waals surface area contributed by atoms with Gasteiger partial charge in [0.05, 0.1) is 6.26 Å². The number of carbonyl (C=O) groups excluding carboxylic acids is 1. The summed E-state index contributed by atoms with van der Waals surface area (Å²) in [4.78, 5) is 10.8. The molecule has 1 heterocycles. The van der Waals surface area contributed by atoms with Crippen LogP contribution in [0.15, 0.2) is 24.5 Å². The van der Waals surface area contributed by atoms with Gasteiger partial charge in [0.1, 0.15) is 0 Å². The third kappa shape index (κ3) is 1.42. The standard InChI is InChI=1S/C7H8O2/c1-6(8)7-4-2-3-5-9-7/h2-5,7H,1H3/i1D. The lowest BCUT2D eigenvalue weighted by Gasteiger charge is -2.09. The van der Waals surface area contributed by atoms with Crippen LogP contribution >= 0.6 is 0 Å². The van der Waals surface area contributed by atoms with E-state index < -0.39 is 6.10 Å². The van der Waals surface area contributed by atoms with E-state index in [-0.39, 0.29) is 12.7 Å². The lowest BCUT2D eigenvalue weighted by atomic mass is 10.2. The van der Waals surface area contributed by atoms with Crippen LogP contribution in [-0.2, 0) is 9.53 Å². The molecule has 2 nitrogen and oxygen atoms in total. The molecule has 1 aliphatic heterocycles.